The first-order chi connectivity index (χ1) is 15.6. The van der Waals surface area contributed by atoms with Crippen LogP contribution in [0, 0.1) is 11.3 Å². The molecular weight excluding hydrogens is 466 g/mol. The molecule has 0 saturated carbocycles. The molecule has 3 N–H and O–H groups in total. The minimum atomic E-state index is -3.78. The van der Waals surface area contributed by atoms with Gasteiger partial charge in [-0.3, -0.25) is 9.69 Å². The SMILES string of the molecule is N#Cc1ccccc1S(=O)(=O)N1CCN(CC(=O)NCCc2ccc(S(N)(=O)=O)cc2)CC1. The van der Waals surface area contributed by atoms with Crippen molar-refractivity contribution in [3.8, 4) is 6.07 Å². The Morgan fingerprint density at radius 1 is 1.00 bits per heavy atom. The maximum absolute atomic E-state index is 12.9. The van der Waals surface area contributed by atoms with E-state index in [0.29, 0.717) is 26.1 Å². The molecule has 3 rings (SSSR count). The lowest BCUT2D eigenvalue weighted by Gasteiger charge is -2.33. The summed E-state index contributed by atoms with van der Waals surface area (Å²) in [5.74, 6) is -0.178. The molecule has 0 bridgehead atoms. The van der Waals surface area contributed by atoms with E-state index < -0.39 is 20.0 Å². The van der Waals surface area contributed by atoms with Crippen LogP contribution in [0.3, 0.4) is 0 Å². The van der Waals surface area contributed by atoms with Crippen molar-refractivity contribution < 1.29 is 21.6 Å². The molecule has 2 aromatic rings. The minimum absolute atomic E-state index is 0.00390. The third-order valence-corrected chi connectivity index (χ3v) is 8.20. The van der Waals surface area contributed by atoms with Gasteiger partial charge in [0.25, 0.3) is 0 Å². The van der Waals surface area contributed by atoms with Crippen LogP contribution in [0.25, 0.3) is 0 Å². The van der Waals surface area contributed by atoms with Crippen molar-refractivity contribution in [2.24, 2.45) is 5.14 Å². The van der Waals surface area contributed by atoms with Gasteiger partial charge in [0.1, 0.15) is 6.07 Å². The summed E-state index contributed by atoms with van der Waals surface area (Å²) in [5, 5.41) is 17.1. The number of hydrogen-bond acceptors (Lipinski definition) is 7. The van der Waals surface area contributed by atoms with Crippen LogP contribution in [0.1, 0.15) is 11.1 Å². The number of hydrogen-bond donors (Lipinski definition) is 2. The highest BCUT2D eigenvalue weighted by Gasteiger charge is 2.30. The monoisotopic (exact) mass is 491 g/mol. The number of nitrogens with one attached hydrogen (secondary N) is 1. The molecule has 0 aromatic heterocycles. The fraction of sp³-hybridized carbons (Fsp3) is 0.333. The average molecular weight is 492 g/mol. The van der Waals surface area contributed by atoms with Gasteiger partial charge in [-0.15, -0.1) is 0 Å². The molecule has 10 nitrogen and oxygen atoms in total. The number of rotatable bonds is 8. The Morgan fingerprint density at radius 2 is 1.64 bits per heavy atom. The van der Waals surface area contributed by atoms with Gasteiger partial charge in [0.05, 0.1) is 21.9 Å². The van der Waals surface area contributed by atoms with E-state index in [9.17, 15) is 26.9 Å². The molecule has 176 valence electrons. The van der Waals surface area contributed by atoms with E-state index in [1.807, 2.05) is 11.0 Å². The second-order valence-electron chi connectivity index (χ2n) is 7.58. The summed E-state index contributed by atoms with van der Waals surface area (Å²) in [5.41, 5.74) is 0.970. The molecule has 1 saturated heterocycles. The smallest absolute Gasteiger partial charge is 0.244 e. The first-order valence-electron chi connectivity index (χ1n) is 10.2. The lowest BCUT2D eigenvalue weighted by molar-refractivity contribution is -0.122. The second-order valence-corrected chi connectivity index (χ2v) is 11.0. The lowest BCUT2D eigenvalue weighted by atomic mass is 10.1. The second kappa shape index (κ2) is 10.4. The summed E-state index contributed by atoms with van der Waals surface area (Å²) >= 11 is 0. The standard InChI is InChI=1S/C21H25N5O5S2/c22-15-18-3-1-2-4-20(18)33(30,31)26-13-11-25(12-14-26)16-21(27)24-10-9-17-5-7-19(8-6-17)32(23,28)29/h1-8H,9-14,16H2,(H,24,27)(H2,23,28,29). The third kappa shape index (κ3) is 6.37. The zero-order valence-electron chi connectivity index (χ0n) is 17.8. The number of amides is 1. The molecule has 33 heavy (non-hydrogen) atoms. The summed E-state index contributed by atoms with van der Waals surface area (Å²) < 4.78 is 49.7. The zero-order chi connectivity index (χ0) is 24.1. The molecule has 1 aliphatic heterocycles. The Bertz CT molecular complexity index is 1250. The summed E-state index contributed by atoms with van der Waals surface area (Å²) in [6, 6.07) is 14.2. The fourth-order valence-corrected chi connectivity index (χ4v) is 5.58. The van der Waals surface area contributed by atoms with Gasteiger partial charge in [-0.25, -0.2) is 22.0 Å². The van der Waals surface area contributed by atoms with Crippen LogP contribution >= 0.6 is 0 Å². The molecule has 0 unspecified atom stereocenters. The highest BCUT2D eigenvalue weighted by Crippen LogP contribution is 2.21. The molecule has 0 aliphatic carbocycles. The van der Waals surface area contributed by atoms with E-state index in [1.165, 1.54) is 28.6 Å². The number of carbonyl (C=O) groups excluding carboxylic acids is 1. The Labute approximate surface area is 193 Å². The van der Waals surface area contributed by atoms with Crippen LogP contribution in [-0.4, -0.2) is 71.2 Å². The van der Waals surface area contributed by atoms with Crippen LogP contribution < -0.4 is 10.5 Å². The molecule has 1 aliphatic rings. The van der Waals surface area contributed by atoms with Crippen LogP contribution in [0.5, 0.6) is 0 Å². The van der Waals surface area contributed by atoms with Crippen LogP contribution in [-0.2, 0) is 31.3 Å². The Kier molecular flexibility index (Phi) is 7.83. The quantitative estimate of drug-likeness (QED) is 0.521. The van der Waals surface area contributed by atoms with E-state index in [0.717, 1.165) is 5.56 Å². The number of primary sulfonamides is 1. The van der Waals surface area contributed by atoms with Crippen LogP contribution in [0.2, 0.25) is 0 Å². The van der Waals surface area contributed by atoms with E-state index in [1.54, 1.807) is 24.3 Å². The highest BCUT2D eigenvalue weighted by atomic mass is 32.2. The first-order valence-corrected chi connectivity index (χ1v) is 13.2. The largest absolute Gasteiger partial charge is 0.355 e. The van der Waals surface area contributed by atoms with Crippen molar-refractivity contribution in [3.05, 3.63) is 59.7 Å². The molecule has 1 fully saturated rings. The number of nitrogens with two attached hydrogens (primary N) is 1. The van der Waals surface area contributed by atoms with Gasteiger partial charge in [-0.2, -0.15) is 9.57 Å². The summed E-state index contributed by atoms with van der Waals surface area (Å²) in [4.78, 5) is 14.2. The minimum Gasteiger partial charge on any atom is -0.355 e. The molecule has 0 radical (unpaired) electrons. The average Bonchev–Trinajstić information content (AvgIpc) is 2.79. The zero-order valence-corrected chi connectivity index (χ0v) is 19.5. The maximum atomic E-state index is 12.9. The molecule has 2 aromatic carbocycles. The molecule has 1 heterocycles. The van der Waals surface area contributed by atoms with Gasteiger partial charge < -0.3 is 5.32 Å². The number of nitrogens with zero attached hydrogens (tertiary/aromatic N) is 3. The van der Waals surface area contributed by atoms with Crippen molar-refractivity contribution in [1.29, 1.82) is 5.26 Å². The van der Waals surface area contributed by atoms with Gasteiger partial charge in [-0.05, 0) is 36.2 Å². The normalized spacial score (nSPS) is 15.6. The third-order valence-electron chi connectivity index (χ3n) is 5.31. The van der Waals surface area contributed by atoms with Crippen molar-refractivity contribution in [3.63, 3.8) is 0 Å². The lowest BCUT2D eigenvalue weighted by Crippen LogP contribution is -2.51. The summed E-state index contributed by atoms with van der Waals surface area (Å²) in [7, 11) is -7.51. The predicted octanol–water partition coefficient (Wildman–Crippen LogP) is -0.129. The number of piperazine rings is 1. The summed E-state index contributed by atoms with van der Waals surface area (Å²) in [6.45, 7) is 1.78. The first kappa shape index (κ1) is 24.8. The fourth-order valence-electron chi connectivity index (χ4n) is 3.50. The van der Waals surface area contributed by atoms with E-state index >= 15 is 0 Å². The Morgan fingerprint density at radius 3 is 2.24 bits per heavy atom. The number of carbonyl (C=O) groups is 1. The molecular formula is C21H25N5O5S2. The van der Waals surface area contributed by atoms with Crippen molar-refractivity contribution in [2.45, 2.75) is 16.2 Å². The predicted molar refractivity (Wildman–Crippen MR) is 121 cm³/mol. The van der Waals surface area contributed by atoms with Crippen molar-refractivity contribution >= 4 is 26.0 Å². The molecule has 1 amide bonds. The Balaban J connectivity index is 1.45. The van der Waals surface area contributed by atoms with Gasteiger partial charge in [0.15, 0.2) is 0 Å². The van der Waals surface area contributed by atoms with Crippen molar-refractivity contribution in [1.82, 2.24) is 14.5 Å². The van der Waals surface area contributed by atoms with Crippen LogP contribution in [0.15, 0.2) is 58.3 Å². The number of sulfonamides is 2. The molecule has 0 spiro atoms. The van der Waals surface area contributed by atoms with Crippen LogP contribution in [0.4, 0.5) is 0 Å². The van der Waals surface area contributed by atoms with Gasteiger partial charge in [0, 0.05) is 32.7 Å². The van der Waals surface area contributed by atoms with Gasteiger partial charge in [-0.1, -0.05) is 24.3 Å². The van der Waals surface area contributed by atoms with Crippen molar-refractivity contribution in [2.75, 3.05) is 39.3 Å². The topological polar surface area (TPSA) is 154 Å². The van der Waals surface area contributed by atoms with Gasteiger partial charge >= 0.3 is 0 Å². The molecule has 12 heteroatoms. The maximum Gasteiger partial charge on any atom is 0.244 e. The van der Waals surface area contributed by atoms with E-state index in [-0.39, 0.29) is 40.9 Å². The molecule has 0 atom stereocenters. The highest BCUT2D eigenvalue weighted by molar-refractivity contribution is 7.89. The summed E-state index contributed by atoms with van der Waals surface area (Å²) in [6.07, 6.45) is 0.529. The van der Waals surface area contributed by atoms with E-state index in [4.69, 9.17) is 5.14 Å². The number of benzene rings is 2. The van der Waals surface area contributed by atoms with E-state index in [2.05, 4.69) is 5.32 Å². The van der Waals surface area contributed by atoms with Gasteiger partial charge in [0.2, 0.25) is 26.0 Å². The Hall–Kier alpha value is -2.82. The number of nitriles is 1.